The molecule has 0 amide bonds. The molecule has 0 atom stereocenters. The molecule has 27 heavy (non-hydrogen) atoms. The van der Waals surface area contributed by atoms with E-state index in [4.69, 9.17) is 4.74 Å². The predicted molar refractivity (Wildman–Crippen MR) is 96.8 cm³/mol. The quantitative estimate of drug-likeness (QED) is 0.563. The Labute approximate surface area is 156 Å². The number of halogens is 1. The number of hydrogen-bond acceptors (Lipinski definition) is 5. The number of rotatable bonds is 5. The van der Waals surface area contributed by atoms with E-state index in [1.807, 2.05) is 0 Å². The highest BCUT2D eigenvalue weighted by Crippen LogP contribution is 2.34. The van der Waals surface area contributed by atoms with Gasteiger partial charge in [0.05, 0.1) is 9.82 Å². The van der Waals surface area contributed by atoms with E-state index in [0.29, 0.717) is 13.1 Å². The lowest BCUT2D eigenvalue weighted by molar-refractivity contribution is -0.385. The van der Waals surface area contributed by atoms with Crippen LogP contribution in [0, 0.1) is 15.9 Å². The van der Waals surface area contributed by atoms with Crippen LogP contribution in [0.2, 0.25) is 0 Å². The summed E-state index contributed by atoms with van der Waals surface area (Å²) in [4.78, 5) is 10.6. The van der Waals surface area contributed by atoms with Crippen molar-refractivity contribution < 1.29 is 22.5 Å². The molecule has 1 heterocycles. The first-order valence-corrected chi connectivity index (χ1v) is 10.0. The fourth-order valence-electron chi connectivity index (χ4n) is 2.98. The van der Waals surface area contributed by atoms with E-state index in [2.05, 4.69) is 0 Å². The number of nitro benzene ring substituents is 1. The van der Waals surface area contributed by atoms with Crippen molar-refractivity contribution in [3.05, 3.63) is 58.4 Å². The van der Waals surface area contributed by atoms with Crippen LogP contribution in [0.25, 0.3) is 0 Å². The minimum Gasteiger partial charge on any atom is -0.450 e. The van der Waals surface area contributed by atoms with Gasteiger partial charge in [0.1, 0.15) is 11.6 Å². The smallest absolute Gasteiger partial charge is 0.312 e. The normalized spacial score (nSPS) is 15.9. The number of nitrogens with zero attached hydrogens (tertiary/aromatic N) is 2. The van der Waals surface area contributed by atoms with Gasteiger partial charge in [-0.15, -0.1) is 0 Å². The Bertz CT molecular complexity index is 941. The molecule has 0 saturated carbocycles. The molecule has 9 heteroatoms. The van der Waals surface area contributed by atoms with Gasteiger partial charge in [0, 0.05) is 25.2 Å². The van der Waals surface area contributed by atoms with Crippen LogP contribution in [0.4, 0.5) is 10.1 Å². The maximum atomic E-state index is 13.3. The van der Waals surface area contributed by atoms with Gasteiger partial charge in [-0.1, -0.05) is 18.9 Å². The second-order valence-corrected chi connectivity index (χ2v) is 8.20. The molecule has 0 aliphatic carbocycles. The summed E-state index contributed by atoms with van der Waals surface area (Å²) in [6.45, 7) is 0.801. The third-order valence-corrected chi connectivity index (χ3v) is 6.25. The molecule has 1 aliphatic rings. The van der Waals surface area contributed by atoms with Crippen molar-refractivity contribution in [3.8, 4) is 11.5 Å². The Balaban J connectivity index is 1.94. The number of nitro groups is 1. The van der Waals surface area contributed by atoms with Gasteiger partial charge >= 0.3 is 5.69 Å². The summed E-state index contributed by atoms with van der Waals surface area (Å²) in [6.07, 6.45) is 3.46. The van der Waals surface area contributed by atoms with E-state index in [1.165, 1.54) is 34.6 Å². The topological polar surface area (TPSA) is 89.8 Å². The summed E-state index contributed by atoms with van der Waals surface area (Å²) in [5.74, 6) is -0.614. The van der Waals surface area contributed by atoms with Gasteiger partial charge in [-0.2, -0.15) is 4.31 Å². The van der Waals surface area contributed by atoms with Crippen molar-refractivity contribution in [3.63, 3.8) is 0 Å². The lowest BCUT2D eigenvalue weighted by Gasteiger charge is -2.20. The summed E-state index contributed by atoms with van der Waals surface area (Å²) < 4.78 is 45.7. The Morgan fingerprint density at radius 3 is 2.37 bits per heavy atom. The fourth-order valence-corrected chi connectivity index (χ4v) is 4.51. The average molecular weight is 394 g/mol. The minimum atomic E-state index is -3.82. The molecule has 1 fully saturated rings. The molecule has 0 N–H and O–H groups in total. The summed E-state index contributed by atoms with van der Waals surface area (Å²) in [5, 5.41) is 11.4. The van der Waals surface area contributed by atoms with Gasteiger partial charge in [0.25, 0.3) is 0 Å². The third kappa shape index (κ3) is 4.42. The van der Waals surface area contributed by atoms with Gasteiger partial charge in [-0.25, -0.2) is 12.8 Å². The zero-order valence-corrected chi connectivity index (χ0v) is 15.3. The SMILES string of the molecule is O=[N+]([O-])c1cc(S(=O)(=O)N2CCCCCC2)ccc1Oc1cccc(F)c1. The lowest BCUT2D eigenvalue weighted by atomic mass is 10.2. The molecule has 0 bridgehead atoms. The number of benzene rings is 2. The van der Waals surface area contributed by atoms with Crippen molar-refractivity contribution in [2.24, 2.45) is 0 Å². The maximum Gasteiger partial charge on any atom is 0.312 e. The summed E-state index contributed by atoms with van der Waals surface area (Å²) >= 11 is 0. The molecule has 0 aromatic heterocycles. The average Bonchev–Trinajstić information content (AvgIpc) is 2.91. The predicted octanol–water partition coefficient (Wildman–Crippen LogP) is 4.09. The van der Waals surface area contributed by atoms with Crippen LogP contribution in [0.1, 0.15) is 25.7 Å². The van der Waals surface area contributed by atoms with Crippen molar-refractivity contribution >= 4 is 15.7 Å². The highest BCUT2D eigenvalue weighted by atomic mass is 32.2. The summed E-state index contributed by atoms with van der Waals surface area (Å²) in [7, 11) is -3.82. The Morgan fingerprint density at radius 2 is 1.74 bits per heavy atom. The second kappa shape index (κ2) is 8.01. The summed E-state index contributed by atoms with van der Waals surface area (Å²) in [5.41, 5.74) is -0.491. The van der Waals surface area contributed by atoms with E-state index in [-0.39, 0.29) is 16.4 Å². The van der Waals surface area contributed by atoms with Crippen LogP contribution >= 0.6 is 0 Å². The van der Waals surface area contributed by atoms with Crippen LogP contribution in [-0.2, 0) is 10.0 Å². The Hall–Kier alpha value is -2.52. The molecule has 2 aromatic carbocycles. The van der Waals surface area contributed by atoms with E-state index in [0.717, 1.165) is 37.8 Å². The van der Waals surface area contributed by atoms with Gasteiger partial charge in [0.2, 0.25) is 15.8 Å². The van der Waals surface area contributed by atoms with Crippen molar-refractivity contribution in [2.45, 2.75) is 30.6 Å². The third-order valence-electron chi connectivity index (χ3n) is 4.35. The molecule has 144 valence electrons. The van der Waals surface area contributed by atoms with Crippen LogP contribution in [0.15, 0.2) is 47.4 Å². The lowest BCUT2D eigenvalue weighted by Crippen LogP contribution is -2.31. The van der Waals surface area contributed by atoms with Crippen LogP contribution in [-0.4, -0.2) is 30.7 Å². The van der Waals surface area contributed by atoms with Gasteiger partial charge in [-0.3, -0.25) is 10.1 Å². The number of sulfonamides is 1. The Kier molecular flexibility index (Phi) is 5.71. The van der Waals surface area contributed by atoms with Crippen molar-refractivity contribution in [1.29, 1.82) is 0 Å². The number of ether oxygens (including phenoxy) is 1. The molecular formula is C18H19FN2O5S. The molecule has 0 radical (unpaired) electrons. The van der Waals surface area contributed by atoms with Gasteiger partial charge in [0.15, 0.2) is 0 Å². The molecule has 2 aromatic rings. The van der Waals surface area contributed by atoms with Crippen molar-refractivity contribution in [2.75, 3.05) is 13.1 Å². The van der Waals surface area contributed by atoms with Crippen LogP contribution in [0.3, 0.4) is 0 Å². The standard InChI is InChI=1S/C18H19FN2O5S/c19-14-6-5-7-15(12-14)26-18-9-8-16(13-17(18)21(22)23)27(24,25)20-10-3-1-2-4-11-20/h5-9,12-13H,1-4,10-11H2. The van der Waals surface area contributed by atoms with E-state index in [1.54, 1.807) is 0 Å². The molecular weight excluding hydrogens is 375 g/mol. The van der Waals surface area contributed by atoms with E-state index >= 15 is 0 Å². The Morgan fingerprint density at radius 1 is 1.04 bits per heavy atom. The highest BCUT2D eigenvalue weighted by Gasteiger charge is 2.28. The maximum absolute atomic E-state index is 13.3. The van der Waals surface area contributed by atoms with Crippen LogP contribution < -0.4 is 4.74 Å². The van der Waals surface area contributed by atoms with Gasteiger partial charge < -0.3 is 4.74 Å². The van der Waals surface area contributed by atoms with E-state index in [9.17, 15) is 22.9 Å². The fraction of sp³-hybridized carbons (Fsp3) is 0.333. The monoisotopic (exact) mass is 394 g/mol. The first-order chi connectivity index (χ1) is 12.9. The zero-order valence-electron chi connectivity index (χ0n) is 14.5. The van der Waals surface area contributed by atoms with Crippen molar-refractivity contribution in [1.82, 2.24) is 4.31 Å². The molecule has 0 unspecified atom stereocenters. The summed E-state index contributed by atoms with van der Waals surface area (Å²) in [6, 6.07) is 8.68. The minimum absolute atomic E-state index is 0.0845. The first kappa shape index (κ1) is 19.2. The first-order valence-electron chi connectivity index (χ1n) is 8.60. The molecule has 1 saturated heterocycles. The molecule has 3 rings (SSSR count). The van der Waals surface area contributed by atoms with Gasteiger partial charge in [-0.05, 0) is 37.1 Å². The molecule has 0 spiro atoms. The van der Waals surface area contributed by atoms with E-state index < -0.39 is 26.5 Å². The van der Waals surface area contributed by atoms with Crippen LogP contribution in [0.5, 0.6) is 11.5 Å². The molecule has 7 nitrogen and oxygen atoms in total. The second-order valence-electron chi connectivity index (χ2n) is 6.26. The highest BCUT2D eigenvalue weighted by molar-refractivity contribution is 7.89. The zero-order chi connectivity index (χ0) is 19.4. The largest absolute Gasteiger partial charge is 0.450 e. The molecule has 1 aliphatic heterocycles. The number of hydrogen-bond donors (Lipinski definition) is 0.